The summed E-state index contributed by atoms with van der Waals surface area (Å²) >= 11 is 0. The number of ketones is 1. The number of carbonyl (C=O) groups excluding carboxylic acids is 2. The summed E-state index contributed by atoms with van der Waals surface area (Å²) in [6, 6.07) is 7.80. The fourth-order valence-corrected chi connectivity index (χ4v) is 3.73. The van der Waals surface area contributed by atoms with Gasteiger partial charge in [0.25, 0.3) is 11.7 Å². The number of carbonyl (C=O) groups is 2. The Morgan fingerprint density at radius 2 is 1.89 bits per heavy atom. The molecule has 2 aliphatic rings. The van der Waals surface area contributed by atoms with Crippen molar-refractivity contribution in [2.24, 2.45) is 0 Å². The summed E-state index contributed by atoms with van der Waals surface area (Å²) in [5, 5.41) is 10.8. The lowest BCUT2D eigenvalue weighted by atomic mass is 9.96. The van der Waals surface area contributed by atoms with Gasteiger partial charge in [0.1, 0.15) is 11.6 Å². The van der Waals surface area contributed by atoms with Crippen molar-refractivity contribution in [3.05, 3.63) is 71.3 Å². The van der Waals surface area contributed by atoms with Crippen LogP contribution in [0.2, 0.25) is 0 Å². The van der Waals surface area contributed by atoms with Crippen molar-refractivity contribution in [2.75, 3.05) is 13.2 Å². The van der Waals surface area contributed by atoms with Crippen molar-refractivity contribution in [3.63, 3.8) is 0 Å². The van der Waals surface area contributed by atoms with Crippen LogP contribution in [0.5, 0.6) is 0 Å². The van der Waals surface area contributed by atoms with E-state index in [2.05, 4.69) is 4.98 Å². The summed E-state index contributed by atoms with van der Waals surface area (Å²) in [5.74, 6) is -2.22. The number of amides is 1. The highest BCUT2D eigenvalue weighted by Gasteiger charge is 2.47. The summed E-state index contributed by atoms with van der Waals surface area (Å²) in [4.78, 5) is 31.0. The highest BCUT2D eigenvalue weighted by atomic mass is 19.1. The molecule has 0 saturated carbocycles. The standard InChI is InChI=1S/C21H19FN2O4/c22-15-5-3-14(4-6-15)19(25)17-18(13-7-9-23-10-8-13)24(21(27)20(17)26)12-16-2-1-11-28-16/h3-10,16,18,25H,1-2,11-12H2/b19-17-. The Balaban J connectivity index is 1.80. The Labute approximate surface area is 161 Å². The molecule has 1 aromatic carbocycles. The topological polar surface area (TPSA) is 79.7 Å². The van der Waals surface area contributed by atoms with Crippen LogP contribution in [0, 0.1) is 5.82 Å². The number of aliphatic hydroxyl groups excluding tert-OH is 1. The second kappa shape index (κ2) is 7.52. The average Bonchev–Trinajstić information content (AvgIpc) is 3.31. The van der Waals surface area contributed by atoms with Crippen LogP contribution >= 0.6 is 0 Å². The molecule has 0 radical (unpaired) electrons. The molecule has 144 valence electrons. The molecule has 0 aliphatic carbocycles. The number of ether oxygens (including phenoxy) is 1. The maximum Gasteiger partial charge on any atom is 0.295 e. The van der Waals surface area contributed by atoms with Gasteiger partial charge in [-0.1, -0.05) is 0 Å². The van der Waals surface area contributed by atoms with E-state index in [-0.39, 0.29) is 29.5 Å². The van der Waals surface area contributed by atoms with Crippen molar-refractivity contribution >= 4 is 17.4 Å². The van der Waals surface area contributed by atoms with E-state index in [4.69, 9.17) is 4.74 Å². The molecule has 2 aliphatic heterocycles. The largest absolute Gasteiger partial charge is 0.507 e. The van der Waals surface area contributed by atoms with Crippen LogP contribution in [-0.2, 0) is 14.3 Å². The highest BCUT2D eigenvalue weighted by Crippen LogP contribution is 2.39. The molecule has 2 fully saturated rings. The quantitative estimate of drug-likeness (QED) is 0.500. The van der Waals surface area contributed by atoms with Crippen molar-refractivity contribution in [2.45, 2.75) is 25.0 Å². The van der Waals surface area contributed by atoms with E-state index in [0.29, 0.717) is 12.2 Å². The molecule has 0 spiro atoms. The SMILES string of the molecule is O=C1C(=O)N(CC2CCCO2)C(c2ccncc2)/C1=C(/O)c1ccc(F)cc1. The molecule has 2 saturated heterocycles. The average molecular weight is 382 g/mol. The normalized spacial score (nSPS) is 24.1. The first-order valence-corrected chi connectivity index (χ1v) is 9.12. The number of rotatable bonds is 4. The number of pyridine rings is 1. The van der Waals surface area contributed by atoms with Crippen LogP contribution in [0.3, 0.4) is 0 Å². The minimum Gasteiger partial charge on any atom is -0.507 e. The highest BCUT2D eigenvalue weighted by molar-refractivity contribution is 6.46. The molecule has 2 aromatic rings. The Morgan fingerprint density at radius 3 is 2.54 bits per heavy atom. The molecular weight excluding hydrogens is 363 g/mol. The molecule has 3 heterocycles. The zero-order valence-corrected chi connectivity index (χ0v) is 15.0. The maximum absolute atomic E-state index is 13.2. The number of aliphatic hydroxyl groups is 1. The lowest BCUT2D eigenvalue weighted by molar-refractivity contribution is -0.140. The van der Waals surface area contributed by atoms with Gasteiger partial charge in [-0.3, -0.25) is 14.6 Å². The van der Waals surface area contributed by atoms with E-state index in [1.165, 1.54) is 29.2 Å². The third-order valence-corrected chi connectivity index (χ3v) is 5.10. The van der Waals surface area contributed by atoms with E-state index < -0.39 is 23.5 Å². The van der Waals surface area contributed by atoms with Gasteiger partial charge < -0.3 is 14.7 Å². The number of hydrogen-bond acceptors (Lipinski definition) is 5. The minimum absolute atomic E-state index is 0.0131. The minimum atomic E-state index is -0.762. The summed E-state index contributed by atoms with van der Waals surface area (Å²) in [5.41, 5.74) is 0.923. The van der Waals surface area contributed by atoms with Gasteiger partial charge >= 0.3 is 0 Å². The van der Waals surface area contributed by atoms with Gasteiger partial charge in [0.2, 0.25) is 0 Å². The number of likely N-dealkylation sites (tertiary alicyclic amines) is 1. The molecular formula is C21H19FN2O4. The van der Waals surface area contributed by atoms with E-state index in [0.717, 1.165) is 12.8 Å². The molecule has 1 aromatic heterocycles. The second-order valence-electron chi connectivity index (χ2n) is 6.87. The van der Waals surface area contributed by atoms with Crippen LogP contribution in [0.1, 0.15) is 30.0 Å². The monoisotopic (exact) mass is 382 g/mol. The summed E-state index contributed by atoms with van der Waals surface area (Å²) in [6.07, 6.45) is 4.71. The fraction of sp³-hybridized carbons (Fsp3) is 0.286. The molecule has 4 rings (SSSR count). The number of aromatic nitrogens is 1. The van der Waals surface area contributed by atoms with Gasteiger partial charge in [0, 0.05) is 31.1 Å². The zero-order valence-electron chi connectivity index (χ0n) is 15.0. The first kappa shape index (κ1) is 18.3. The molecule has 28 heavy (non-hydrogen) atoms. The van der Waals surface area contributed by atoms with Gasteiger partial charge in [-0.25, -0.2) is 4.39 Å². The lowest BCUT2D eigenvalue weighted by Crippen LogP contribution is -2.36. The van der Waals surface area contributed by atoms with Crippen LogP contribution in [-0.4, -0.2) is 45.9 Å². The van der Waals surface area contributed by atoms with Crippen LogP contribution in [0.4, 0.5) is 4.39 Å². The smallest absolute Gasteiger partial charge is 0.295 e. The third-order valence-electron chi connectivity index (χ3n) is 5.10. The molecule has 1 N–H and O–H groups in total. The molecule has 6 nitrogen and oxygen atoms in total. The summed E-state index contributed by atoms with van der Waals surface area (Å²) in [7, 11) is 0. The Kier molecular flexibility index (Phi) is 4.92. The predicted molar refractivity (Wildman–Crippen MR) is 98.6 cm³/mol. The zero-order chi connectivity index (χ0) is 19.7. The van der Waals surface area contributed by atoms with Gasteiger partial charge in [-0.05, 0) is 54.8 Å². The van der Waals surface area contributed by atoms with E-state index in [9.17, 15) is 19.1 Å². The van der Waals surface area contributed by atoms with Crippen molar-refractivity contribution in [3.8, 4) is 0 Å². The molecule has 2 unspecified atom stereocenters. The van der Waals surface area contributed by atoms with Crippen LogP contribution < -0.4 is 0 Å². The van der Waals surface area contributed by atoms with E-state index in [1.54, 1.807) is 24.5 Å². The van der Waals surface area contributed by atoms with Gasteiger partial charge in [0.05, 0.1) is 17.7 Å². The van der Waals surface area contributed by atoms with Gasteiger partial charge in [-0.15, -0.1) is 0 Å². The number of nitrogens with zero attached hydrogens (tertiary/aromatic N) is 2. The van der Waals surface area contributed by atoms with E-state index in [1.807, 2.05) is 0 Å². The number of benzene rings is 1. The Morgan fingerprint density at radius 1 is 1.18 bits per heavy atom. The summed E-state index contributed by atoms with van der Waals surface area (Å²) < 4.78 is 18.9. The van der Waals surface area contributed by atoms with E-state index >= 15 is 0 Å². The molecule has 7 heteroatoms. The molecule has 1 amide bonds. The van der Waals surface area contributed by atoms with Crippen molar-refractivity contribution < 1.29 is 23.8 Å². The number of halogens is 1. The predicted octanol–water partition coefficient (Wildman–Crippen LogP) is 2.82. The fourth-order valence-electron chi connectivity index (χ4n) is 3.73. The second-order valence-corrected chi connectivity index (χ2v) is 6.87. The maximum atomic E-state index is 13.2. The Hall–Kier alpha value is -3.06. The third kappa shape index (κ3) is 3.29. The van der Waals surface area contributed by atoms with Crippen LogP contribution in [0.25, 0.3) is 5.76 Å². The number of hydrogen-bond donors (Lipinski definition) is 1. The molecule has 0 bridgehead atoms. The van der Waals surface area contributed by atoms with Crippen molar-refractivity contribution in [1.82, 2.24) is 9.88 Å². The van der Waals surface area contributed by atoms with Crippen molar-refractivity contribution in [1.29, 1.82) is 0 Å². The van der Waals surface area contributed by atoms with Gasteiger partial charge in [0.15, 0.2) is 0 Å². The Bertz CT molecular complexity index is 921. The first-order valence-electron chi connectivity index (χ1n) is 9.12. The number of Topliss-reactive ketones (excluding diaryl/α,β-unsaturated/α-hetero) is 1. The summed E-state index contributed by atoms with van der Waals surface area (Å²) in [6.45, 7) is 0.891. The lowest BCUT2D eigenvalue weighted by Gasteiger charge is -2.27. The van der Waals surface area contributed by atoms with Gasteiger partial charge in [-0.2, -0.15) is 0 Å². The first-order chi connectivity index (χ1) is 13.6. The molecule has 2 atom stereocenters. The van der Waals surface area contributed by atoms with Crippen LogP contribution in [0.15, 0.2) is 54.4 Å².